The number of ether oxygens (including phenoxy) is 1. The highest BCUT2D eigenvalue weighted by atomic mass is 79.9. The third-order valence-electron chi connectivity index (χ3n) is 3.83. The standard InChI is InChI=1S/C18H19BrN2O2/c19-14-7-5-13(6-8-14)12-23-17-4-2-1-3-16(17)18(22)21-15-9-10-20-11-15/h1-8,15,20H,9-12H2,(H,21,22). The van der Waals surface area contributed by atoms with E-state index in [9.17, 15) is 4.79 Å². The highest BCUT2D eigenvalue weighted by Gasteiger charge is 2.19. The molecule has 0 bridgehead atoms. The van der Waals surface area contributed by atoms with Gasteiger partial charge in [0.1, 0.15) is 12.4 Å². The van der Waals surface area contributed by atoms with E-state index in [4.69, 9.17) is 4.74 Å². The van der Waals surface area contributed by atoms with Crippen LogP contribution in [-0.2, 0) is 6.61 Å². The molecule has 23 heavy (non-hydrogen) atoms. The first kappa shape index (κ1) is 16.0. The van der Waals surface area contributed by atoms with E-state index in [2.05, 4.69) is 26.6 Å². The maximum Gasteiger partial charge on any atom is 0.255 e. The number of halogens is 1. The van der Waals surface area contributed by atoms with E-state index in [0.717, 1.165) is 29.5 Å². The summed E-state index contributed by atoms with van der Waals surface area (Å²) in [6.07, 6.45) is 0.966. The maximum absolute atomic E-state index is 12.5. The van der Waals surface area contributed by atoms with Crippen LogP contribution < -0.4 is 15.4 Å². The summed E-state index contributed by atoms with van der Waals surface area (Å²) in [5, 5.41) is 6.30. The Morgan fingerprint density at radius 3 is 2.74 bits per heavy atom. The molecule has 2 aromatic rings. The molecule has 1 saturated heterocycles. The summed E-state index contributed by atoms with van der Waals surface area (Å²) in [5.41, 5.74) is 1.64. The van der Waals surface area contributed by atoms with Gasteiger partial charge in [-0.05, 0) is 42.8 Å². The summed E-state index contributed by atoms with van der Waals surface area (Å²) in [5.74, 6) is 0.531. The first-order valence-electron chi connectivity index (χ1n) is 7.70. The van der Waals surface area contributed by atoms with Crippen molar-refractivity contribution in [3.8, 4) is 5.75 Å². The van der Waals surface area contributed by atoms with E-state index in [1.54, 1.807) is 6.07 Å². The fourth-order valence-electron chi connectivity index (χ4n) is 2.56. The minimum absolute atomic E-state index is 0.0786. The smallest absolute Gasteiger partial charge is 0.255 e. The van der Waals surface area contributed by atoms with Crippen LogP contribution >= 0.6 is 15.9 Å². The maximum atomic E-state index is 12.5. The molecule has 1 heterocycles. The van der Waals surface area contributed by atoms with Crippen molar-refractivity contribution < 1.29 is 9.53 Å². The Labute approximate surface area is 144 Å². The predicted molar refractivity (Wildman–Crippen MR) is 93.7 cm³/mol. The SMILES string of the molecule is O=C(NC1CCNC1)c1ccccc1OCc1ccc(Br)cc1. The molecule has 0 spiro atoms. The summed E-state index contributed by atoms with van der Waals surface area (Å²) in [6.45, 7) is 2.21. The lowest BCUT2D eigenvalue weighted by atomic mass is 10.1. The lowest BCUT2D eigenvalue weighted by Gasteiger charge is -2.14. The molecular weight excluding hydrogens is 356 g/mol. The molecule has 1 atom stereocenters. The molecule has 1 aliphatic heterocycles. The highest BCUT2D eigenvalue weighted by Crippen LogP contribution is 2.20. The van der Waals surface area contributed by atoms with Gasteiger partial charge in [0, 0.05) is 17.1 Å². The van der Waals surface area contributed by atoms with Crippen molar-refractivity contribution in [2.24, 2.45) is 0 Å². The molecule has 1 aliphatic rings. The molecular formula is C18H19BrN2O2. The average Bonchev–Trinajstić information content (AvgIpc) is 3.07. The first-order valence-corrected chi connectivity index (χ1v) is 8.49. The van der Waals surface area contributed by atoms with Gasteiger partial charge in [-0.2, -0.15) is 0 Å². The van der Waals surface area contributed by atoms with Crippen LogP contribution in [0.1, 0.15) is 22.3 Å². The molecule has 0 aromatic heterocycles. The summed E-state index contributed by atoms with van der Waals surface area (Å²) >= 11 is 3.41. The van der Waals surface area contributed by atoms with Crippen LogP contribution in [-0.4, -0.2) is 25.0 Å². The van der Waals surface area contributed by atoms with E-state index in [-0.39, 0.29) is 11.9 Å². The number of carbonyl (C=O) groups excluding carboxylic acids is 1. The van der Waals surface area contributed by atoms with E-state index < -0.39 is 0 Å². The third kappa shape index (κ3) is 4.33. The topological polar surface area (TPSA) is 50.4 Å². The first-order chi connectivity index (χ1) is 11.2. The van der Waals surface area contributed by atoms with Crippen LogP contribution in [0.4, 0.5) is 0 Å². The average molecular weight is 375 g/mol. The normalized spacial score (nSPS) is 17.0. The van der Waals surface area contributed by atoms with Crippen LogP contribution in [0, 0.1) is 0 Å². The van der Waals surface area contributed by atoms with Gasteiger partial charge in [0.2, 0.25) is 0 Å². The molecule has 120 valence electrons. The zero-order valence-electron chi connectivity index (χ0n) is 12.7. The Bertz CT molecular complexity index is 667. The van der Waals surface area contributed by atoms with Crippen LogP contribution in [0.25, 0.3) is 0 Å². The van der Waals surface area contributed by atoms with Crippen molar-refractivity contribution in [1.29, 1.82) is 0 Å². The highest BCUT2D eigenvalue weighted by molar-refractivity contribution is 9.10. The summed E-state index contributed by atoms with van der Waals surface area (Å²) in [6, 6.07) is 15.5. The Balaban J connectivity index is 1.67. The van der Waals surface area contributed by atoms with E-state index in [1.165, 1.54) is 0 Å². The molecule has 4 nitrogen and oxygen atoms in total. The van der Waals surface area contributed by atoms with Gasteiger partial charge in [-0.25, -0.2) is 0 Å². The molecule has 0 radical (unpaired) electrons. The van der Waals surface area contributed by atoms with Gasteiger partial charge in [-0.3, -0.25) is 4.79 Å². The minimum Gasteiger partial charge on any atom is -0.488 e. The van der Waals surface area contributed by atoms with Crippen molar-refractivity contribution in [1.82, 2.24) is 10.6 Å². The third-order valence-corrected chi connectivity index (χ3v) is 4.36. The monoisotopic (exact) mass is 374 g/mol. The van der Waals surface area contributed by atoms with Crippen molar-refractivity contribution in [2.45, 2.75) is 19.1 Å². The molecule has 1 amide bonds. The predicted octanol–water partition coefficient (Wildman–Crippen LogP) is 3.12. The molecule has 2 N–H and O–H groups in total. The van der Waals surface area contributed by atoms with Crippen molar-refractivity contribution in [2.75, 3.05) is 13.1 Å². The van der Waals surface area contributed by atoms with Gasteiger partial charge < -0.3 is 15.4 Å². The van der Waals surface area contributed by atoms with Crippen molar-refractivity contribution >= 4 is 21.8 Å². The molecule has 3 rings (SSSR count). The van der Waals surface area contributed by atoms with E-state index >= 15 is 0 Å². The second kappa shape index (κ2) is 7.62. The quantitative estimate of drug-likeness (QED) is 0.845. The fraction of sp³-hybridized carbons (Fsp3) is 0.278. The van der Waals surface area contributed by atoms with Crippen LogP contribution in [0.3, 0.4) is 0 Å². The number of rotatable bonds is 5. The zero-order chi connectivity index (χ0) is 16.1. The van der Waals surface area contributed by atoms with Crippen LogP contribution in [0.2, 0.25) is 0 Å². The summed E-state index contributed by atoms with van der Waals surface area (Å²) in [7, 11) is 0. The molecule has 1 unspecified atom stereocenters. The van der Waals surface area contributed by atoms with Gasteiger partial charge in [-0.1, -0.05) is 40.2 Å². The number of carbonyl (C=O) groups is 1. The molecule has 1 fully saturated rings. The Hall–Kier alpha value is -1.85. The summed E-state index contributed by atoms with van der Waals surface area (Å²) in [4.78, 5) is 12.5. The number of nitrogens with one attached hydrogen (secondary N) is 2. The Morgan fingerprint density at radius 1 is 1.22 bits per heavy atom. The Morgan fingerprint density at radius 2 is 2.00 bits per heavy atom. The van der Waals surface area contributed by atoms with E-state index in [1.807, 2.05) is 42.5 Å². The Kier molecular flexibility index (Phi) is 5.31. The van der Waals surface area contributed by atoms with Gasteiger partial charge in [0.15, 0.2) is 0 Å². The van der Waals surface area contributed by atoms with E-state index in [0.29, 0.717) is 17.9 Å². The molecule has 0 saturated carbocycles. The second-order valence-electron chi connectivity index (χ2n) is 5.57. The molecule has 5 heteroatoms. The second-order valence-corrected chi connectivity index (χ2v) is 6.49. The van der Waals surface area contributed by atoms with Crippen LogP contribution in [0.5, 0.6) is 5.75 Å². The number of benzene rings is 2. The molecule has 2 aromatic carbocycles. The zero-order valence-corrected chi connectivity index (χ0v) is 14.3. The van der Waals surface area contributed by atoms with Gasteiger partial charge in [0.05, 0.1) is 5.56 Å². The fourth-order valence-corrected chi connectivity index (χ4v) is 2.83. The number of hydrogen-bond donors (Lipinski definition) is 2. The van der Waals surface area contributed by atoms with Gasteiger partial charge in [0.25, 0.3) is 5.91 Å². The van der Waals surface area contributed by atoms with Gasteiger partial charge in [-0.15, -0.1) is 0 Å². The lowest BCUT2D eigenvalue weighted by molar-refractivity contribution is 0.0935. The molecule has 0 aliphatic carbocycles. The lowest BCUT2D eigenvalue weighted by Crippen LogP contribution is -2.36. The van der Waals surface area contributed by atoms with Crippen LogP contribution in [0.15, 0.2) is 53.0 Å². The largest absolute Gasteiger partial charge is 0.488 e. The van der Waals surface area contributed by atoms with Crippen molar-refractivity contribution in [3.05, 3.63) is 64.1 Å². The summed E-state index contributed by atoms with van der Waals surface area (Å²) < 4.78 is 6.89. The number of amides is 1. The van der Waals surface area contributed by atoms with Gasteiger partial charge >= 0.3 is 0 Å². The number of hydrogen-bond acceptors (Lipinski definition) is 3. The van der Waals surface area contributed by atoms with Crippen molar-refractivity contribution in [3.63, 3.8) is 0 Å². The number of para-hydroxylation sites is 1. The minimum atomic E-state index is -0.0786.